The van der Waals surface area contributed by atoms with Gasteiger partial charge in [0.2, 0.25) is 5.91 Å². The van der Waals surface area contributed by atoms with Crippen molar-refractivity contribution in [3.05, 3.63) is 52.0 Å². The molecule has 1 saturated carbocycles. The van der Waals surface area contributed by atoms with Crippen LogP contribution in [0.2, 0.25) is 0 Å². The fourth-order valence-corrected chi connectivity index (χ4v) is 4.06. The summed E-state index contributed by atoms with van der Waals surface area (Å²) in [5.41, 5.74) is 2.15. The third-order valence-corrected chi connectivity index (χ3v) is 5.49. The molecule has 1 amide bonds. The number of thiazole rings is 1. The summed E-state index contributed by atoms with van der Waals surface area (Å²) >= 11 is 1.64. The molecule has 4 heteroatoms. The predicted molar refractivity (Wildman–Crippen MR) is 94.6 cm³/mol. The summed E-state index contributed by atoms with van der Waals surface area (Å²) in [6.45, 7) is 2.24. The lowest BCUT2D eigenvalue weighted by molar-refractivity contribution is -0.121. The van der Waals surface area contributed by atoms with E-state index in [1.54, 1.807) is 11.3 Å². The van der Waals surface area contributed by atoms with Crippen molar-refractivity contribution >= 4 is 17.2 Å². The molecule has 3 rings (SSSR count). The summed E-state index contributed by atoms with van der Waals surface area (Å²) in [7, 11) is 0. The second-order valence-electron chi connectivity index (χ2n) is 6.51. The smallest absolute Gasteiger partial charge is 0.226 e. The van der Waals surface area contributed by atoms with E-state index in [9.17, 15) is 4.79 Å². The molecule has 1 N–H and O–H groups in total. The highest BCUT2D eigenvalue weighted by Gasteiger charge is 2.23. The largest absolute Gasteiger partial charge is 0.353 e. The standard InChI is InChI=1S/C19H24N2OS/c1-14-7-5-6-10-17(14)21-18(22)12-16-13-23-19(20-16)11-15-8-3-2-4-9-15/h2-4,8-9,13-14,17H,5-7,10-12H2,1H3,(H,21,22)/t14-,17+/m1/s1. The van der Waals surface area contributed by atoms with Crippen molar-refractivity contribution in [2.75, 3.05) is 0 Å². The van der Waals surface area contributed by atoms with E-state index in [0.29, 0.717) is 18.4 Å². The van der Waals surface area contributed by atoms with E-state index >= 15 is 0 Å². The fraction of sp³-hybridized carbons (Fsp3) is 0.474. The Morgan fingerprint density at radius 3 is 2.83 bits per heavy atom. The molecule has 1 aromatic heterocycles. The minimum atomic E-state index is 0.111. The average Bonchev–Trinajstić information content (AvgIpc) is 2.97. The topological polar surface area (TPSA) is 42.0 Å². The first-order chi connectivity index (χ1) is 11.2. The number of carbonyl (C=O) groups excluding carboxylic acids is 1. The number of rotatable bonds is 5. The van der Waals surface area contributed by atoms with Gasteiger partial charge >= 0.3 is 0 Å². The van der Waals surface area contributed by atoms with E-state index in [-0.39, 0.29) is 5.91 Å². The molecule has 0 spiro atoms. The first-order valence-electron chi connectivity index (χ1n) is 8.47. The molecular weight excluding hydrogens is 304 g/mol. The van der Waals surface area contributed by atoms with Crippen LogP contribution in [0.25, 0.3) is 0 Å². The average molecular weight is 328 g/mol. The van der Waals surface area contributed by atoms with Gasteiger partial charge in [0.05, 0.1) is 17.1 Å². The zero-order chi connectivity index (χ0) is 16.1. The number of aromatic nitrogens is 1. The summed E-state index contributed by atoms with van der Waals surface area (Å²) in [5.74, 6) is 0.706. The van der Waals surface area contributed by atoms with Gasteiger partial charge in [-0.1, -0.05) is 50.1 Å². The van der Waals surface area contributed by atoms with Crippen LogP contribution in [0.5, 0.6) is 0 Å². The highest BCUT2D eigenvalue weighted by atomic mass is 32.1. The van der Waals surface area contributed by atoms with Crippen LogP contribution in [0.1, 0.15) is 48.9 Å². The van der Waals surface area contributed by atoms with Crippen LogP contribution in [-0.4, -0.2) is 16.9 Å². The number of hydrogen-bond acceptors (Lipinski definition) is 3. The minimum Gasteiger partial charge on any atom is -0.353 e. The highest BCUT2D eigenvalue weighted by Crippen LogP contribution is 2.24. The summed E-state index contributed by atoms with van der Waals surface area (Å²) in [6, 6.07) is 10.7. The molecule has 23 heavy (non-hydrogen) atoms. The fourth-order valence-electron chi connectivity index (χ4n) is 3.23. The Hall–Kier alpha value is -1.68. The minimum absolute atomic E-state index is 0.111. The van der Waals surface area contributed by atoms with Crippen LogP contribution in [0.4, 0.5) is 0 Å². The second-order valence-corrected chi connectivity index (χ2v) is 7.45. The van der Waals surface area contributed by atoms with Gasteiger partial charge in [-0.05, 0) is 24.3 Å². The van der Waals surface area contributed by atoms with E-state index in [1.165, 1.54) is 24.8 Å². The maximum Gasteiger partial charge on any atom is 0.226 e. The molecule has 1 aliphatic rings. The number of nitrogens with one attached hydrogen (secondary N) is 1. The molecule has 0 unspecified atom stereocenters. The molecule has 1 fully saturated rings. The first kappa shape index (κ1) is 16.2. The number of carbonyl (C=O) groups is 1. The molecule has 2 atom stereocenters. The maximum absolute atomic E-state index is 12.2. The Labute approximate surface area is 142 Å². The van der Waals surface area contributed by atoms with Gasteiger partial charge in [-0.15, -0.1) is 11.3 Å². The van der Waals surface area contributed by atoms with Gasteiger partial charge in [-0.3, -0.25) is 4.79 Å². The van der Waals surface area contributed by atoms with Gasteiger partial charge in [0.15, 0.2) is 0 Å². The lowest BCUT2D eigenvalue weighted by Crippen LogP contribution is -2.41. The number of benzene rings is 1. The zero-order valence-electron chi connectivity index (χ0n) is 13.6. The molecular formula is C19H24N2OS. The normalized spacial score (nSPS) is 21.1. The van der Waals surface area contributed by atoms with E-state index in [0.717, 1.165) is 23.5 Å². The Bertz CT molecular complexity index is 638. The molecule has 2 aromatic rings. The van der Waals surface area contributed by atoms with E-state index in [1.807, 2.05) is 23.6 Å². The van der Waals surface area contributed by atoms with Crippen LogP contribution in [0.3, 0.4) is 0 Å². The number of nitrogens with zero attached hydrogens (tertiary/aromatic N) is 1. The van der Waals surface area contributed by atoms with Gasteiger partial charge in [0.25, 0.3) is 0 Å². The van der Waals surface area contributed by atoms with Crippen molar-refractivity contribution < 1.29 is 4.79 Å². The SMILES string of the molecule is C[C@@H]1CCCC[C@@H]1NC(=O)Cc1csc(Cc2ccccc2)n1. The van der Waals surface area contributed by atoms with Crippen molar-refractivity contribution in [3.63, 3.8) is 0 Å². The van der Waals surface area contributed by atoms with E-state index in [2.05, 4.69) is 29.4 Å². The molecule has 3 nitrogen and oxygen atoms in total. The summed E-state index contributed by atoms with van der Waals surface area (Å²) < 4.78 is 0. The van der Waals surface area contributed by atoms with E-state index < -0.39 is 0 Å². The highest BCUT2D eigenvalue weighted by molar-refractivity contribution is 7.09. The van der Waals surface area contributed by atoms with Gasteiger partial charge in [-0.2, -0.15) is 0 Å². The zero-order valence-corrected chi connectivity index (χ0v) is 14.4. The molecule has 1 heterocycles. The molecule has 1 aromatic carbocycles. The third-order valence-electron chi connectivity index (χ3n) is 4.60. The van der Waals surface area contributed by atoms with Gasteiger partial charge < -0.3 is 5.32 Å². The molecule has 122 valence electrons. The van der Waals surface area contributed by atoms with Crippen LogP contribution in [0, 0.1) is 5.92 Å². The monoisotopic (exact) mass is 328 g/mol. The lowest BCUT2D eigenvalue weighted by Gasteiger charge is -2.29. The van der Waals surface area contributed by atoms with Crippen molar-refractivity contribution in [1.29, 1.82) is 0 Å². The predicted octanol–water partition coefficient (Wildman–Crippen LogP) is 3.97. The molecule has 0 bridgehead atoms. The van der Waals surface area contributed by atoms with Gasteiger partial charge in [-0.25, -0.2) is 4.98 Å². The summed E-state index contributed by atoms with van der Waals surface area (Å²) in [5, 5.41) is 6.29. The summed E-state index contributed by atoms with van der Waals surface area (Å²) in [6.07, 6.45) is 6.10. The second kappa shape index (κ2) is 7.73. The Morgan fingerprint density at radius 2 is 2.04 bits per heavy atom. The van der Waals surface area contributed by atoms with Crippen molar-refractivity contribution in [3.8, 4) is 0 Å². The van der Waals surface area contributed by atoms with Crippen LogP contribution in [0.15, 0.2) is 35.7 Å². The molecule has 0 radical (unpaired) electrons. The van der Waals surface area contributed by atoms with E-state index in [4.69, 9.17) is 0 Å². The Kier molecular flexibility index (Phi) is 5.44. The number of hydrogen-bond donors (Lipinski definition) is 1. The molecule has 0 saturated heterocycles. The molecule has 1 aliphatic carbocycles. The van der Waals surface area contributed by atoms with Crippen molar-refractivity contribution in [2.45, 2.75) is 51.5 Å². The van der Waals surface area contributed by atoms with Crippen LogP contribution < -0.4 is 5.32 Å². The summed E-state index contributed by atoms with van der Waals surface area (Å²) in [4.78, 5) is 16.9. The lowest BCUT2D eigenvalue weighted by atomic mass is 9.86. The third kappa shape index (κ3) is 4.64. The Morgan fingerprint density at radius 1 is 1.26 bits per heavy atom. The van der Waals surface area contributed by atoms with Crippen LogP contribution >= 0.6 is 11.3 Å². The van der Waals surface area contributed by atoms with Gasteiger partial charge in [0, 0.05) is 17.8 Å². The quantitative estimate of drug-likeness (QED) is 0.902. The Balaban J connectivity index is 1.53. The van der Waals surface area contributed by atoms with Crippen molar-refractivity contribution in [2.24, 2.45) is 5.92 Å². The maximum atomic E-state index is 12.2. The van der Waals surface area contributed by atoms with Crippen molar-refractivity contribution in [1.82, 2.24) is 10.3 Å². The van der Waals surface area contributed by atoms with Gasteiger partial charge in [0.1, 0.15) is 0 Å². The first-order valence-corrected chi connectivity index (χ1v) is 9.35. The molecule has 0 aliphatic heterocycles. The number of amides is 1. The van der Waals surface area contributed by atoms with Crippen LogP contribution in [-0.2, 0) is 17.6 Å².